The number of aliphatic hydroxyl groups is 1. The Bertz CT molecular complexity index is 739. The number of nitrogens with zero attached hydrogens (tertiary/aromatic N) is 1. The molecule has 3 aromatic rings. The summed E-state index contributed by atoms with van der Waals surface area (Å²) < 4.78 is 0. The first-order valence-electron chi connectivity index (χ1n) is 7.62. The smallest absolute Gasteiger partial charge is 0.0945 e. The van der Waals surface area contributed by atoms with Crippen LogP contribution in [0.4, 0.5) is 0 Å². The summed E-state index contributed by atoms with van der Waals surface area (Å²) in [5.41, 5.74) is 2.23. The summed E-state index contributed by atoms with van der Waals surface area (Å²) >= 11 is 1.71. The van der Waals surface area contributed by atoms with Crippen LogP contribution in [0.3, 0.4) is 0 Å². The largest absolute Gasteiger partial charge is 0.396 e. The molecule has 0 aliphatic carbocycles. The van der Waals surface area contributed by atoms with Gasteiger partial charge in [-0.15, -0.1) is 11.3 Å². The predicted octanol–water partition coefficient (Wildman–Crippen LogP) is 3.48. The molecule has 1 aromatic heterocycles. The van der Waals surface area contributed by atoms with Gasteiger partial charge in [0.1, 0.15) is 0 Å². The number of hydrogen-bond acceptors (Lipinski definition) is 4. The fraction of sp³-hybridized carbons (Fsp3) is 0.278. The molecule has 2 N–H and O–H groups in total. The van der Waals surface area contributed by atoms with Crippen molar-refractivity contribution >= 4 is 22.1 Å². The first-order valence-corrected chi connectivity index (χ1v) is 8.50. The third-order valence-electron chi connectivity index (χ3n) is 3.62. The summed E-state index contributed by atoms with van der Waals surface area (Å²) in [6.45, 7) is 2.01. The Kier molecular flexibility index (Phi) is 5.16. The third kappa shape index (κ3) is 3.71. The highest BCUT2D eigenvalue weighted by Gasteiger charge is 2.05. The lowest BCUT2D eigenvalue weighted by Gasteiger charge is -2.02. The molecule has 0 saturated heterocycles. The van der Waals surface area contributed by atoms with E-state index < -0.39 is 0 Å². The van der Waals surface area contributed by atoms with E-state index in [2.05, 4.69) is 53.2 Å². The van der Waals surface area contributed by atoms with Crippen molar-refractivity contribution in [1.29, 1.82) is 0 Å². The lowest BCUT2D eigenvalue weighted by atomic mass is 10.1. The summed E-state index contributed by atoms with van der Waals surface area (Å²) in [4.78, 5) is 4.73. The topological polar surface area (TPSA) is 45.1 Å². The Labute approximate surface area is 134 Å². The summed E-state index contributed by atoms with van der Waals surface area (Å²) in [5.74, 6) is 0. The average Bonchev–Trinajstić information content (AvgIpc) is 3.03. The molecule has 3 nitrogen and oxygen atoms in total. The number of benzene rings is 2. The first-order chi connectivity index (χ1) is 10.9. The molecule has 0 bridgehead atoms. The first kappa shape index (κ1) is 15.2. The van der Waals surface area contributed by atoms with Gasteiger partial charge in [0.2, 0.25) is 0 Å². The Balaban J connectivity index is 1.66. The molecule has 4 heteroatoms. The maximum Gasteiger partial charge on any atom is 0.0945 e. The number of fused-ring (bicyclic) bond motifs is 1. The molecule has 114 valence electrons. The monoisotopic (exact) mass is 312 g/mol. The highest BCUT2D eigenvalue weighted by Crippen LogP contribution is 2.25. The molecule has 2 aromatic carbocycles. The van der Waals surface area contributed by atoms with Crippen LogP contribution in [-0.4, -0.2) is 29.8 Å². The number of rotatable bonds is 7. The maximum atomic E-state index is 8.74. The van der Waals surface area contributed by atoms with Gasteiger partial charge in [0, 0.05) is 30.5 Å². The van der Waals surface area contributed by atoms with Gasteiger partial charge in [0.05, 0.1) is 10.7 Å². The van der Waals surface area contributed by atoms with E-state index in [9.17, 15) is 0 Å². The zero-order valence-corrected chi connectivity index (χ0v) is 13.3. The van der Waals surface area contributed by atoms with Crippen LogP contribution in [0.15, 0.2) is 47.8 Å². The van der Waals surface area contributed by atoms with E-state index in [4.69, 9.17) is 10.1 Å². The molecule has 0 aliphatic rings. The van der Waals surface area contributed by atoms with Crippen LogP contribution in [0.25, 0.3) is 22.0 Å². The Morgan fingerprint density at radius 2 is 1.91 bits per heavy atom. The lowest BCUT2D eigenvalue weighted by Crippen LogP contribution is -2.19. The van der Waals surface area contributed by atoms with Gasteiger partial charge in [0.15, 0.2) is 0 Å². The molecule has 0 unspecified atom stereocenters. The lowest BCUT2D eigenvalue weighted by molar-refractivity contribution is 0.286. The minimum absolute atomic E-state index is 0.246. The average molecular weight is 312 g/mol. The van der Waals surface area contributed by atoms with Crippen molar-refractivity contribution in [2.24, 2.45) is 0 Å². The number of nitrogens with one attached hydrogen (secondary N) is 1. The highest BCUT2D eigenvalue weighted by molar-refractivity contribution is 7.09. The van der Waals surface area contributed by atoms with Crippen molar-refractivity contribution in [3.05, 3.63) is 52.9 Å². The second-order valence-electron chi connectivity index (χ2n) is 5.27. The molecule has 0 atom stereocenters. The van der Waals surface area contributed by atoms with Crippen molar-refractivity contribution < 1.29 is 5.11 Å². The summed E-state index contributed by atoms with van der Waals surface area (Å²) in [7, 11) is 0. The van der Waals surface area contributed by atoms with Gasteiger partial charge in [-0.3, -0.25) is 0 Å². The molecule has 3 rings (SSSR count). The Hall–Kier alpha value is -1.75. The van der Waals surface area contributed by atoms with Crippen LogP contribution in [-0.2, 0) is 6.42 Å². The van der Waals surface area contributed by atoms with Crippen LogP contribution in [0.2, 0.25) is 0 Å². The molecule has 0 radical (unpaired) electrons. The zero-order valence-electron chi connectivity index (χ0n) is 12.5. The maximum absolute atomic E-state index is 8.74. The molecule has 0 aliphatic heterocycles. The summed E-state index contributed by atoms with van der Waals surface area (Å²) in [5, 5.41) is 17.8. The van der Waals surface area contributed by atoms with Gasteiger partial charge in [-0.05, 0) is 29.8 Å². The normalized spacial score (nSPS) is 11.1. The van der Waals surface area contributed by atoms with Crippen molar-refractivity contribution in [2.45, 2.75) is 12.8 Å². The summed E-state index contributed by atoms with van der Waals surface area (Å²) in [6.07, 6.45) is 1.74. The van der Waals surface area contributed by atoms with Gasteiger partial charge in [0.25, 0.3) is 0 Å². The highest BCUT2D eigenvalue weighted by atomic mass is 32.1. The standard InChI is InChI=1S/C18H20N2OS/c21-11-3-9-19-10-8-18-20-17(13-22-18)16-7-6-14-4-1-2-5-15(14)12-16/h1-2,4-7,12-13,19,21H,3,8-11H2. The quantitative estimate of drug-likeness (QED) is 0.657. The Morgan fingerprint density at radius 3 is 2.77 bits per heavy atom. The SMILES string of the molecule is OCCCNCCc1nc(-c2ccc3ccccc3c2)cs1. The van der Waals surface area contributed by atoms with Crippen LogP contribution in [0.5, 0.6) is 0 Å². The molecule has 0 saturated carbocycles. The van der Waals surface area contributed by atoms with E-state index in [1.54, 1.807) is 11.3 Å². The molecule has 0 spiro atoms. The van der Waals surface area contributed by atoms with E-state index in [1.165, 1.54) is 16.3 Å². The van der Waals surface area contributed by atoms with E-state index in [0.29, 0.717) is 0 Å². The van der Waals surface area contributed by atoms with E-state index in [0.717, 1.165) is 36.6 Å². The van der Waals surface area contributed by atoms with Gasteiger partial charge < -0.3 is 10.4 Å². The van der Waals surface area contributed by atoms with Gasteiger partial charge in [-0.2, -0.15) is 0 Å². The fourth-order valence-electron chi connectivity index (χ4n) is 2.43. The van der Waals surface area contributed by atoms with Crippen molar-refractivity contribution in [3.63, 3.8) is 0 Å². The zero-order chi connectivity index (χ0) is 15.2. The second kappa shape index (κ2) is 7.49. The fourth-order valence-corrected chi connectivity index (χ4v) is 3.24. The second-order valence-corrected chi connectivity index (χ2v) is 6.21. The van der Waals surface area contributed by atoms with E-state index in [1.807, 2.05) is 0 Å². The predicted molar refractivity (Wildman–Crippen MR) is 93.3 cm³/mol. The van der Waals surface area contributed by atoms with Gasteiger partial charge in [-0.1, -0.05) is 36.4 Å². The molecular formula is C18H20N2OS. The van der Waals surface area contributed by atoms with Crippen molar-refractivity contribution in [1.82, 2.24) is 10.3 Å². The minimum atomic E-state index is 0.246. The number of aromatic nitrogens is 1. The third-order valence-corrected chi connectivity index (χ3v) is 4.53. The van der Waals surface area contributed by atoms with Crippen LogP contribution in [0, 0.1) is 0 Å². The number of hydrogen-bond donors (Lipinski definition) is 2. The van der Waals surface area contributed by atoms with E-state index >= 15 is 0 Å². The van der Waals surface area contributed by atoms with E-state index in [-0.39, 0.29) is 6.61 Å². The van der Waals surface area contributed by atoms with Gasteiger partial charge >= 0.3 is 0 Å². The van der Waals surface area contributed by atoms with Crippen LogP contribution in [0.1, 0.15) is 11.4 Å². The molecular weight excluding hydrogens is 292 g/mol. The molecule has 22 heavy (non-hydrogen) atoms. The van der Waals surface area contributed by atoms with Crippen molar-refractivity contribution in [2.75, 3.05) is 19.7 Å². The molecule has 0 amide bonds. The van der Waals surface area contributed by atoms with Gasteiger partial charge in [-0.25, -0.2) is 4.98 Å². The van der Waals surface area contributed by atoms with Crippen LogP contribution >= 0.6 is 11.3 Å². The molecule has 1 heterocycles. The molecule has 0 fully saturated rings. The van der Waals surface area contributed by atoms with Crippen LogP contribution < -0.4 is 5.32 Å². The Morgan fingerprint density at radius 1 is 1.05 bits per heavy atom. The number of aliphatic hydroxyl groups excluding tert-OH is 1. The summed E-state index contributed by atoms with van der Waals surface area (Å²) in [6, 6.07) is 14.9. The number of thiazole rings is 1. The minimum Gasteiger partial charge on any atom is -0.396 e. The van der Waals surface area contributed by atoms with Crippen molar-refractivity contribution in [3.8, 4) is 11.3 Å².